The maximum atomic E-state index is 3.76. The van der Waals surface area contributed by atoms with Crippen LogP contribution in [-0.2, 0) is 0 Å². The van der Waals surface area contributed by atoms with E-state index in [-0.39, 0.29) is 0 Å². The number of hydrogen-bond acceptors (Lipinski definition) is 2. The monoisotopic (exact) mass is 268 g/mol. The first-order chi connectivity index (χ1) is 8.97. The highest BCUT2D eigenvalue weighted by Gasteiger charge is 2.30. The number of nitrogens with one attached hydrogen (secondary N) is 1. The topological polar surface area (TPSA) is 15.3 Å². The van der Waals surface area contributed by atoms with Crippen LogP contribution in [0.1, 0.15) is 67.2 Å². The van der Waals surface area contributed by atoms with Crippen molar-refractivity contribution in [3.05, 3.63) is 0 Å². The highest BCUT2D eigenvalue weighted by molar-refractivity contribution is 4.88. The number of piperazine rings is 1. The zero-order chi connectivity index (χ0) is 14.4. The van der Waals surface area contributed by atoms with Gasteiger partial charge in [0.2, 0.25) is 0 Å². The summed E-state index contributed by atoms with van der Waals surface area (Å²) < 4.78 is 0. The summed E-state index contributed by atoms with van der Waals surface area (Å²) in [4.78, 5) is 2.79. The fraction of sp³-hybridized carbons (Fsp3) is 1.00. The fourth-order valence-corrected chi connectivity index (χ4v) is 3.42. The molecule has 1 N–H and O–H groups in total. The van der Waals surface area contributed by atoms with Crippen molar-refractivity contribution < 1.29 is 0 Å². The van der Waals surface area contributed by atoms with Crippen molar-refractivity contribution in [2.45, 2.75) is 85.4 Å². The van der Waals surface area contributed by atoms with Crippen LogP contribution >= 0.6 is 0 Å². The molecule has 0 bridgehead atoms. The molecule has 1 saturated heterocycles. The Morgan fingerprint density at radius 2 is 1.84 bits per heavy atom. The maximum Gasteiger partial charge on any atom is 0.0221 e. The minimum Gasteiger partial charge on any atom is -0.311 e. The van der Waals surface area contributed by atoms with Gasteiger partial charge in [-0.05, 0) is 38.0 Å². The summed E-state index contributed by atoms with van der Waals surface area (Å²) in [5, 5.41) is 3.76. The van der Waals surface area contributed by atoms with Crippen LogP contribution in [0.5, 0.6) is 0 Å². The van der Waals surface area contributed by atoms with Crippen LogP contribution in [0.15, 0.2) is 0 Å². The minimum atomic E-state index is 0.696. The van der Waals surface area contributed by atoms with Gasteiger partial charge in [-0.1, -0.05) is 41.0 Å². The summed E-state index contributed by atoms with van der Waals surface area (Å²) in [6.45, 7) is 16.6. The van der Waals surface area contributed by atoms with Gasteiger partial charge in [0.1, 0.15) is 0 Å². The van der Waals surface area contributed by atoms with Crippen LogP contribution < -0.4 is 5.32 Å². The summed E-state index contributed by atoms with van der Waals surface area (Å²) in [5.74, 6) is 1.65. The van der Waals surface area contributed by atoms with E-state index < -0.39 is 0 Å². The second kappa shape index (κ2) is 8.26. The Morgan fingerprint density at radius 3 is 2.37 bits per heavy atom. The largest absolute Gasteiger partial charge is 0.311 e. The average molecular weight is 268 g/mol. The van der Waals surface area contributed by atoms with Gasteiger partial charge in [-0.25, -0.2) is 0 Å². The van der Waals surface area contributed by atoms with Crippen LogP contribution in [0.4, 0.5) is 0 Å². The molecule has 1 fully saturated rings. The third-order valence-corrected chi connectivity index (χ3v) is 4.78. The molecule has 114 valence electrons. The standard InChI is InChI=1S/C17H36N2/c1-7-14(5)10-15(6)19-12-16(9-13(3)4)18-11-17(19)8-2/h13-18H,7-12H2,1-6H3. The predicted octanol–water partition coefficient (Wildman–Crippen LogP) is 3.91. The molecule has 0 amide bonds. The molecule has 1 heterocycles. The highest BCUT2D eigenvalue weighted by Crippen LogP contribution is 2.22. The first kappa shape index (κ1) is 17.0. The van der Waals surface area contributed by atoms with Gasteiger partial charge < -0.3 is 5.32 Å². The van der Waals surface area contributed by atoms with E-state index in [0.29, 0.717) is 6.04 Å². The normalized spacial score (nSPS) is 28.6. The summed E-state index contributed by atoms with van der Waals surface area (Å²) in [6, 6.07) is 2.17. The molecule has 4 unspecified atom stereocenters. The van der Waals surface area contributed by atoms with Gasteiger partial charge in [-0.2, -0.15) is 0 Å². The van der Waals surface area contributed by atoms with Gasteiger partial charge in [-0.15, -0.1) is 0 Å². The lowest BCUT2D eigenvalue weighted by atomic mass is 9.94. The fourth-order valence-electron chi connectivity index (χ4n) is 3.42. The van der Waals surface area contributed by atoms with E-state index in [4.69, 9.17) is 0 Å². The average Bonchev–Trinajstić information content (AvgIpc) is 2.37. The van der Waals surface area contributed by atoms with Crippen molar-refractivity contribution in [1.82, 2.24) is 10.2 Å². The van der Waals surface area contributed by atoms with Gasteiger partial charge in [0.15, 0.2) is 0 Å². The SMILES string of the molecule is CCC(C)CC(C)N1CC(CC(C)C)NCC1CC. The highest BCUT2D eigenvalue weighted by atomic mass is 15.2. The molecule has 2 heteroatoms. The maximum absolute atomic E-state index is 3.76. The first-order valence-corrected chi connectivity index (χ1v) is 8.46. The van der Waals surface area contributed by atoms with Crippen molar-refractivity contribution in [2.75, 3.05) is 13.1 Å². The molecule has 2 nitrogen and oxygen atoms in total. The van der Waals surface area contributed by atoms with Gasteiger partial charge in [0.05, 0.1) is 0 Å². The predicted molar refractivity (Wildman–Crippen MR) is 85.6 cm³/mol. The van der Waals surface area contributed by atoms with E-state index in [2.05, 4.69) is 51.8 Å². The first-order valence-electron chi connectivity index (χ1n) is 8.46. The Bertz CT molecular complexity index is 239. The van der Waals surface area contributed by atoms with E-state index in [1.807, 2.05) is 0 Å². The van der Waals surface area contributed by atoms with Crippen LogP contribution in [0, 0.1) is 11.8 Å². The molecule has 0 saturated carbocycles. The lowest BCUT2D eigenvalue weighted by Crippen LogP contribution is -2.59. The lowest BCUT2D eigenvalue weighted by Gasteiger charge is -2.44. The molecule has 1 rings (SSSR count). The second-order valence-corrected chi connectivity index (χ2v) is 7.09. The Balaban J connectivity index is 2.58. The third kappa shape index (κ3) is 5.43. The molecule has 0 aromatic heterocycles. The second-order valence-electron chi connectivity index (χ2n) is 7.09. The molecule has 0 spiro atoms. The molecule has 19 heavy (non-hydrogen) atoms. The molecule has 0 radical (unpaired) electrons. The smallest absolute Gasteiger partial charge is 0.0221 e. The van der Waals surface area contributed by atoms with Gasteiger partial charge in [-0.3, -0.25) is 4.90 Å². The van der Waals surface area contributed by atoms with E-state index in [9.17, 15) is 0 Å². The van der Waals surface area contributed by atoms with E-state index >= 15 is 0 Å². The Labute approximate surface area is 121 Å². The van der Waals surface area contributed by atoms with Crippen LogP contribution in [0.25, 0.3) is 0 Å². The van der Waals surface area contributed by atoms with Crippen molar-refractivity contribution in [2.24, 2.45) is 11.8 Å². The Kier molecular flexibility index (Phi) is 7.38. The summed E-state index contributed by atoms with van der Waals surface area (Å²) in [6.07, 6.45) is 5.24. The van der Waals surface area contributed by atoms with Crippen LogP contribution in [0.2, 0.25) is 0 Å². The molecule has 1 aliphatic heterocycles. The molecular weight excluding hydrogens is 232 g/mol. The number of hydrogen-bond donors (Lipinski definition) is 1. The van der Waals surface area contributed by atoms with Crippen molar-refractivity contribution in [1.29, 1.82) is 0 Å². The number of rotatable bonds is 7. The van der Waals surface area contributed by atoms with Gasteiger partial charge in [0, 0.05) is 31.2 Å². The minimum absolute atomic E-state index is 0.696. The zero-order valence-electron chi connectivity index (χ0n) is 14.1. The summed E-state index contributed by atoms with van der Waals surface area (Å²) in [7, 11) is 0. The summed E-state index contributed by atoms with van der Waals surface area (Å²) >= 11 is 0. The molecular formula is C17H36N2. The van der Waals surface area contributed by atoms with Crippen LogP contribution in [-0.4, -0.2) is 36.1 Å². The quantitative estimate of drug-likeness (QED) is 0.753. The van der Waals surface area contributed by atoms with Crippen molar-refractivity contribution >= 4 is 0 Å². The molecule has 0 aliphatic carbocycles. The van der Waals surface area contributed by atoms with Crippen LogP contribution in [0.3, 0.4) is 0 Å². The van der Waals surface area contributed by atoms with E-state index in [1.54, 1.807) is 0 Å². The van der Waals surface area contributed by atoms with Gasteiger partial charge >= 0.3 is 0 Å². The van der Waals surface area contributed by atoms with E-state index in [1.165, 1.54) is 38.8 Å². The Morgan fingerprint density at radius 1 is 1.16 bits per heavy atom. The van der Waals surface area contributed by atoms with E-state index in [0.717, 1.165) is 23.9 Å². The van der Waals surface area contributed by atoms with Crippen molar-refractivity contribution in [3.8, 4) is 0 Å². The molecule has 1 aliphatic rings. The lowest BCUT2D eigenvalue weighted by molar-refractivity contribution is 0.0697. The molecule has 0 aromatic rings. The zero-order valence-corrected chi connectivity index (χ0v) is 14.1. The van der Waals surface area contributed by atoms with Crippen molar-refractivity contribution in [3.63, 3.8) is 0 Å². The third-order valence-electron chi connectivity index (χ3n) is 4.78. The number of nitrogens with zero attached hydrogens (tertiary/aromatic N) is 1. The molecule has 4 atom stereocenters. The van der Waals surface area contributed by atoms with Gasteiger partial charge in [0.25, 0.3) is 0 Å². The Hall–Kier alpha value is -0.0800. The molecule has 0 aromatic carbocycles. The summed E-state index contributed by atoms with van der Waals surface area (Å²) in [5.41, 5.74) is 0.